The summed E-state index contributed by atoms with van der Waals surface area (Å²) in [6.45, 7) is 0.575. The third-order valence-corrected chi connectivity index (χ3v) is 5.07. The Morgan fingerprint density at radius 3 is 2.76 bits per heavy atom. The maximum atomic E-state index is 12.7. The molecule has 8 nitrogen and oxygen atoms in total. The van der Waals surface area contributed by atoms with Crippen LogP contribution in [0.5, 0.6) is 11.5 Å². The Morgan fingerprint density at radius 2 is 1.97 bits per heavy atom. The number of aromatic amines is 1. The molecule has 1 aliphatic rings. The van der Waals surface area contributed by atoms with Crippen LogP contribution >= 0.6 is 0 Å². The smallest absolute Gasteiger partial charge is 0.275 e. The summed E-state index contributed by atoms with van der Waals surface area (Å²) in [4.78, 5) is 18.6. The zero-order chi connectivity index (χ0) is 20.2. The van der Waals surface area contributed by atoms with E-state index in [2.05, 4.69) is 15.2 Å². The van der Waals surface area contributed by atoms with Crippen molar-refractivity contribution in [2.24, 2.45) is 0 Å². The molecule has 29 heavy (non-hydrogen) atoms. The number of benzene rings is 1. The van der Waals surface area contributed by atoms with Crippen LogP contribution in [0.4, 0.5) is 0 Å². The lowest BCUT2D eigenvalue weighted by molar-refractivity contribution is 0.0777. The van der Waals surface area contributed by atoms with Crippen molar-refractivity contribution in [2.45, 2.75) is 38.8 Å². The van der Waals surface area contributed by atoms with E-state index in [1.165, 1.54) is 23.9 Å². The minimum atomic E-state index is -0.211. The van der Waals surface area contributed by atoms with Gasteiger partial charge < -0.3 is 18.8 Å². The molecule has 3 aromatic rings. The van der Waals surface area contributed by atoms with Gasteiger partial charge in [0.05, 0.1) is 19.3 Å². The molecule has 2 heterocycles. The molecular formula is C21H24N4O4. The number of nitrogens with one attached hydrogen (secondary N) is 1. The maximum absolute atomic E-state index is 12.7. The van der Waals surface area contributed by atoms with E-state index < -0.39 is 0 Å². The molecular weight excluding hydrogens is 372 g/mol. The number of aromatic nitrogens is 3. The molecule has 1 aromatic carbocycles. The number of rotatable bonds is 7. The van der Waals surface area contributed by atoms with Gasteiger partial charge >= 0.3 is 0 Å². The summed E-state index contributed by atoms with van der Waals surface area (Å²) in [7, 11) is 3.35. The number of ether oxygens (including phenoxy) is 2. The number of H-pyrrole nitrogens is 1. The van der Waals surface area contributed by atoms with E-state index in [1.54, 1.807) is 31.2 Å². The standard InChI is InChI=1S/C21H24N4O4/c1-25(11-18-16-5-3-4-6-17(16)23-24-18)21(26)19-12-29-20(22-19)13-28-15-9-7-14(27-2)8-10-15/h7-10,12H,3-6,11,13H2,1-2H3,(H,23,24). The minimum absolute atomic E-state index is 0.135. The van der Waals surface area contributed by atoms with Gasteiger partial charge in [-0.3, -0.25) is 9.89 Å². The molecule has 0 spiro atoms. The SMILES string of the molecule is COc1ccc(OCc2nc(C(=O)N(C)Cc3n[nH]c4c3CCCC4)co2)cc1. The highest BCUT2D eigenvalue weighted by Crippen LogP contribution is 2.23. The van der Waals surface area contributed by atoms with Gasteiger partial charge in [-0.25, -0.2) is 4.98 Å². The maximum Gasteiger partial charge on any atom is 0.275 e. The number of oxazole rings is 1. The molecule has 2 aromatic heterocycles. The molecule has 0 aliphatic heterocycles. The highest BCUT2D eigenvalue weighted by atomic mass is 16.5. The van der Waals surface area contributed by atoms with E-state index in [0.717, 1.165) is 30.7 Å². The fourth-order valence-corrected chi connectivity index (χ4v) is 3.46. The molecule has 1 aliphatic carbocycles. The van der Waals surface area contributed by atoms with Crippen LogP contribution in [0.3, 0.4) is 0 Å². The van der Waals surface area contributed by atoms with Crippen LogP contribution in [0.1, 0.15) is 46.2 Å². The molecule has 0 bridgehead atoms. The van der Waals surface area contributed by atoms with Gasteiger partial charge in [-0.1, -0.05) is 0 Å². The molecule has 0 radical (unpaired) electrons. The van der Waals surface area contributed by atoms with E-state index in [9.17, 15) is 4.79 Å². The Morgan fingerprint density at radius 1 is 1.21 bits per heavy atom. The number of carbonyl (C=O) groups excluding carboxylic acids is 1. The Kier molecular flexibility index (Phi) is 5.50. The zero-order valence-electron chi connectivity index (χ0n) is 16.6. The van der Waals surface area contributed by atoms with Crippen molar-refractivity contribution < 1.29 is 18.7 Å². The summed E-state index contributed by atoms with van der Waals surface area (Å²) in [5.41, 5.74) is 3.64. The molecule has 152 valence electrons. The minimum Gasteiger partial charge on any atom is -0.497 e. The van der Waals surface area contributed by atoms with Gasteiger partial charge in [0.2, 0.25) is 5.89 Å². The van der Waals surface area contributed by atoms with Crippen molar-refractivity contribution in [2.75, 3.05) is 14.2 Å². The molecule has 1 amide bonds. The van der Waals surface area contributed by atoms with Crippen molar-refractivity contribution in [1.29, 1.82) is 0 Å². The number of fused-ring (bicyclic) bond motifs is 1. The van der Waals surface area contributed by atoms with Gasteiger partial charge in [0.1, 0.15) is 17.8 Å². The lowest BCUT2D eigenvalue weighted by atomic mass is 9.96. The quantitative estimate of drug-likeness (QED) is 0.659. The normalized spacial score (nSPS) is 13.0. The van der Waals surface area contributed by atoms with E-state index in [4.69, 9.17) is 13.9 Å². The number of methoxy groups -OCH3 is 1. The number of carbonyl (C=O) groups is 1. The van der Waals surface area contributed by atoms with E-state index in [-0.39, 0.29) is 18.2 Å². The van der Waals surface area contributed by atoms with Crippen molar-refractivity contribution in [3.63, 3.8) is 0 Å². The van der Waals surface area contributed by atoms with Crippen LogP contribution in [0.15, 0.2) is 34.9 Å². The summed E-state index contributed by atoms with van der Waals surface area (Å²) in [6.07, 6.45) is 5.76. The highest BCUT2D eigenvalue weighted by Gasteiger charge is 2.22. The second-order valence-corrected chi connectivity index (χ2v) is 7.09. The third-order valence-electron chi connectivity index (χ3n) is 5.07. The average molecular weight is 396 g/mol. The van der Waals surface area contributed by atoms with Gasteiger partial charge in [-0.15, -0.1) is 0 Å². The van der Waals surface area contributed by atoms with Crippen LogP contribution in [0, 0.1) is 0 Å². The third kappa shape index (κ3) is 4.26. The monoisotopic (exact) mass is 396 g/mol. The summed E-state index contributed by atoms with van der Waals surface area (Å²) in [6, 6.07) is 7.21. The van der Waals surface area contributed by atoms with Gasteiger partial charge in [-0.05, 0) is 55.5 Å². The van der Waals surface area contributed by atoms with Crippen LogP contribution < -0.4 is 9.47 Å². The fraction of sp³-hybridized carbons (Fsp3) is 0.381. The predicted octanol–water partition coefficient (Wildman–Crippen LogP) is 3.14. The Hall–Kier alpha value is -3.29. The van der Waals surface area contributed by atoms with E-state index in [0.29, 0.717) is 18.2 Å². The number of nitrogens with zero attached hydrogens (tertiary/aromatic N) is 3. The van der Waals surface area contributed by atoms with Crippen LogP contribution in [0.25, 0.3) is 0 Å². The molecule has 1 N–H and O–H groups in total. The van der Waals surface area contributed by atoms with Gasteiger partial charge in [0.15, 0.2) is 12.3 Å². The largest absolute Gasteiger partial charge is 0.497 e. The molecule has 0 saturated carbocycles. The number of hydrogen-bond acceptors (Lipinski definition) is 6. The van der Waals surface area contributed by atoms with Gasteiger partial charge in [-0.2, -0.15) is 5.10 Å². The van der Waals surface area contributed by atoms with Crippen LogP contribution in [-0.4, -0.2) is 40.1 Å². The van der Waals surface area contributed by atoms with E-state index >= 15 is 0 Å². The topological polar surface area (TPSA) is 93.5 Å². The van der Waals surface area contributed by atoms with Crippen molar-refractivity contribution in [1.82, 2.24) is 20.1 Å². The second kappa shape index (κ2) is 8.38. The first-order valence-electron chi connectivity index (χ1n) is 9.65. The number of amides is 1. The molecule has 0 fully saturated rings. The second-order valence-electron chi connectivity index (χ2n) is 7.09. The predicted molar refractivity (Wildman–Crippen MR) is 105 cm³/mol. The molecule has 0 atom stereocenters. The lowest BCUT2D eigenvalue weighted by Crippen LogP contribution is -2.27. The first-order chi connectivity index (χ1) is 14.1. The van der Waals surface area contributed by atoms with Crippen LogP contribution in [-0.2, 0) is 26.0 Å². The summed E-state index contributed by atoms with van der Waals surface area (Å²) >= 11 is 0. The van der Waals surface area contributed by atoms with Crippen molar-refractivity contribution >= 4 is 5.91 Å². The first kappa shape index (κ1) is 19.0. The highest BCUT2D eigenvalue weighted by molar-refractivity contribution is 5.91. The molecule has 0 saturated heterocycles. The van der Waals surface area contributed by atoms with Gasteiger partial charge in [0, 0.05) is 12.7 Å². The van der Waals surface area contributed by atoms with Crippen LogP contribution in [0.2, 0.25) is 0 Å². The molecule has 0 unspecified atom stereocenters. The Balaban J connectivity index is 1.35. The van der Waals surface area contributed by atoms with Gasteiger partial charge in [0.25, 0.3) is 5.91 Å². The lowest BCUT2D eigenvalue weighted by Gasteiger charge is -2.16. The summed E-state index contributed by atoms with van der Waals surface area (Å²) < 4.78 is 16.2. The fourth-order valence-electron chi connectivity index (χ4n) is 3.46. The summed E-state index contributed by atoms with van der Waals surface area (Å²) in [5, 5.41) is 7.51. The first-order valence-corrected chi connectivity index (χ1v) is 9.65. The van der Waals surface area contributed by atoms with Crippen molar-refractivity contribution in [3.05, 3.63) is 59.1 Å². The number of hydrogen-bond donors (Lipinski definition) is 1. The Bertz CT molecular complexity index is 977. The van der Waals surface area contributed by atoms with Crippen molar-refractivity contribution in [3.8, 4) is 11.5 Å². The average Bonchev–Trinajstić information content (AvgIpc) is 3.39. The molecule has 8 heteroatoms. The van der Waals surface area contributed by atoms with E-state index in [1.807, 2.05) is 12.1 Å². The zero-order valence-corrected chi connectivity index (χ0v) is 16.6. The number of aryl methyl sites for hydroxylation is 1. The molecule has 4 rings (SSSR count). The summed E-state index contributed by atoms with van der Waals surface area (Å²) in [5.74, 6) is 1.55. The Labute approximate surface area is 168 Å².